The van der Waals surface area contributed by atoms with Gasteiger partial charge in [-0.05, 0) is 46.3 Å². The number of methoxy groups -OCH3 is 1. The molecule has 0 saturated carbocycles. The monoisotopic (exact) mass is 292 g/mol. The molecule has 0 aromatic heterocycles. The van der Waals surface area contributed by atoms with Crippen LogP contribution in [-0.2, 0) is 4.74 Å². The summed E-state index contributed by atoms with van der Waals surface area (Å²) in [6.07, 6.45) is 1.11. The van der Waals surface area contributed by atoms with Crippen LogP contribution in [0.25, 0.3) is 0 Å². The first-order valence-electron chi connectivity index (χ1n) is 8.00. The van der Waals surface area contributed by atoms with E-state index in [2.05, 4.69) is 63.2 Å². The number of hydrogen-bond acceptors (Lipinski definition) is 3. The maximum absolute atomic E-state index is 5.28. The summed E-state index contributed by atoms with van der Waals surface area (Å²) in [7, 11) is 3.83. The van der Waals surface area contributed by atoms with Gasteiger partial charge in [0.1, 0.15) is 0 Å². The highest BCUT2D eigenvalue weighted by atomic mass is 16.5. The van der Waals surface area contributed by atoms with E-state index in [4.69, 9.17) is 4.74 Å². The van der Waals surface area contributed by atoms with E-state index >= 15 is 0 Å². The average molecular weight is 292 g/mol. The number of benzene rings is 1. The molecule has 0 saturated heterocycles. The van der Waals surface area contributed by atoms with Crippen molar-refractivity contribution in [3.05, 3.63) is 34.9 Å². The van der Waals surface area contributed by atoms with Crippen molar-refractivity contribution in [1.82, 2.24) is 10.2 Å². The molecular weight excluding hydrogens is 260 g/mol. The number of nitrogens with one attached hydrogen (secondary N) is 1. The Morgan fingerprint density at radius 3 is 2.29 bits per heavy atom. The number of rotatable bonds is 9. The van der Waals surface area contributed by atoms with E-state index < -0.39 is 0 Å². The molecular formula is C18H32N2O. The summed E-state index contributed by atoms with van der Waals surface area (Å²) in [6.45, 7) is 11.7. The van der Waals surface area contributed by atoms with Crippen LogP contribution in [0.5, 0.6) is 0 Å². The summed E-state index contributed by atoms with van der Waals surface area (Å²) >= 11 is 0. The first-order valence-corrected chi connectivity index (χ1v) is 8.00. The Kier molecular flexibility index (Phi) is 7.94. The van der Waals surface area contributed by atoms with Crippen molar-refractivity contribution in [2.45, 2.75) is 46.2 Å². The van der Waals surface area contributed by atoms with Gasteiger partial charge in [0.05, 0.1) is 6.61 Å². The minimum atomic E-state index is 0.410. The fourth-order valence-corrected chi connectivity index (χ4v) is 3.02. The van der Waals surface area contributed by atoms with Crippen molar-refractivity contribution in [1.29, 1.82) is 0 Å². The molecule has 3 nitrogen and oxygen atoms in total. The third kappa shape index (κ3) is 5.77. The zero-order chi connectivity index (χ0) is 15.8. The zero-order valence-corrected chi connectivity index (χ0v) is 14.6. The lowest BCUT2D eigenvalue weighted by atomic mass is 9.99. The molecule has 0 heterocycles. The van der Waals surface area contributed by atoms with Crippen LogP contribution in [0.15, 0.2) is 18.2 Å². The molecule has 1 rings (SSSR count). The fraction of sp³-hybridized carbons (Fsp3) is 0.667. The second-order valence-corrected chi connectivity index (χ2v) is 5.98. The van der Waals surface area contributed by atoms with Gasteiger partial charge in [0.25, 0.3) is 0 Å². The van der Waals surface area contributed by atoms with Gasteiger partial charge >= 0.3 is 0 Å². The van der Waals surface area contributed by atoms with Crippen molar-refractivity contribution < 1.29 is 4.74 Å². The van der Waals surface area contributed by atoms with Crippen LogP contribution in [-0.4, -0.2) is 44.8 Å². The van der Waals surface area contributed by atoms with E-state index in [0.717, 1.165) is 26.1 Å². The molecule has 0 bridgehead atoms. The number of nitrogens with zero attached hydrogens (tertiary/aromatic N) is 1. The summed E-state index contributed by atoms with van der Waals surface area (Å²) in [5.74, 6) is 0. The summed E-state index contributed by atoms with van der Waals surface area (Å²) in [5.41, 5.74) is 4.07. The molecule has 1 N–H and O–H groups in total. The van der Waals surface area contributed by atoms with Crippen molar-refractivity contribution in [2.24, 2.45) is 0 Å². The molecule has 120 valence electrons. The second kappa shape index (κ2) is 9.19. The Morgan fingerprint density at radius 2 is 1.81 bits per heavy atom. The molecule has 1 aromatic rings. The van der Waals surface area contributed by atoms with Crippen LogP contribution in [0.3, 0.4) is 0 Å². The largest absolute Gasteiger partial charge is 0.383 e. The van der Waals surface area contributed by atoms with Crippen molar-refractivity contribution in [3.63, 3.8) is 0 Å². The Morgan fingerprint density at radius 1 is 1.19 bits per heavy atom. The number of likely N-dealkylation sites (N-methyl/N-ethyl adjacent to an activating group) is 1. The van der Waals surface area contributed by atoms with E-state index in [0.29, 0.717) is 12.1 Å². The van der Waals surface area contributed by atoms with Crippen LogP contribution >= 0.6 is 0 Å². The minimum Gasteiger partial charge on any atom is -0.383 e. The molecule has 21 heavy (non-hydrogen) atoms. The average Bonchev–Trinajstić information content (AvgIpc) is 2.42. The highest BCUT2D eigenvalue weighted by molar-refractivity contribution is 5.30. The van der Waals surface area contributed by atoms with E-state index in [1.807, 2.05) is 0 Å². The molecule has 0 radical (unpaired) electrons. The van der Waals surface area contributed by atoms with Gasteiger partial charge in [0.15, 0.2) is 0 Å². The van der Waals surface area contributed by atoms with Crippen LogP contribution < -0.4 is 5.32 Å². The smallest absolute Gasteiger partial charge is 0.0615 e. The van der Waals surface area contributed by atoms with Crippen LogP contribution in [0, 0.1) is 13.8 Å². The van der Waals surface area contributed by atoms with E-state index in [9.17, 15) is 0 Å². The Labute approximate surface area is 130 Å². The minimum absolute atomic E-state index is 0.410. The maximum atomic E-state index is 5.28. The molecule has 0 spiro atoms. The lowest BCUT2D eigenvalue weighted by Crippen LogP contribution is -2.38. The quantitative estimate of drug-likeness (QED) is 0.756. The summed E-state index contributed by atoms with van der Waals surface area (Å²) in [6, 6.07) is 7.70. The van der Waals surface area contributed by atoms with E-state index in [1.54, 1.807) is 7.11 Å². The normalized spacial score (nSPS) is 14.4. The van der Waals surface area contributed by atoms with Crippen LogP contribution in [0.4, 0.5) is 0 Å². The highest BCUT2D eigenvalue weighted by Gasteiger charge is 2.15. The lowest BCUT2D eigenvalue weighted by molar-refractivity contribution is 0.0998. The second-order valence-electron chi connectivity index (χ2n) is 5.98. The molecule has 3 heteroatoms. The summed E-state index contributed by atoms with van der Waals surface area (Å²) in [5, 5.41) is 3.47. The first kappa shape index (κ1) is 18.1. The highest BCUT2D eigenvalue weighted by Crippen LogP contribution is 2.20. The molecule has 0 aliphatic rings. The van der Waals surface area contributed by atoms with Crippen LogP contribution in [0.2, 0.25) is 0 Å². The van der Waals surface area contributed by atoms with Gasteiger partial charge in [-0.25, -0.2) is 0 Å². The van der Waals surface area contributed by atoms with Gasteiger partial charge < -0.3 is 10.1 Å². The SMILES string of the molecule is CCN(CCC(NC)c1cc(C)cc(C)c1)C(C)COC. The number of hydrogen-bond donors (Lipinski definition) is 1. The van der Waals surface area contributed by atoms with E-state index in [1.165, 1.54) is 16.7 Å². The number of ether oxygens (including phenoxy) is 1. The topological polar surface area (TPSA) is 24.5 Å². The first-order chi connectivity index (χ1) is 10.0. The Bertz CT molecular complexity index is 399. The lowest BCUT2D eigenvalue weighted by Gasteiger charge is -2.29. The van der Waals surface area contributed by atoms with Crippen molar-refractivity contribution in [2.75, 3.05) is 33.9 Å². The fourth-order valence-electron chi connectivity index (χ4n) is 3.02. The Balaban J connectivity index is 2.69. The van der Waals surface area contributed by atoms with Gasteiger partial charge in [0, 0.05) is 25.7 Å². The van der Waals surface area contributed by atoms with Gasteiger partial charge in [-0.3, -0.25) is 4.90 Å². The van der Waals surface area contributed by atoms with Gasteiger partial charge in [-0.15, -0.1) is 0 Å². The van der Waals surface area contributed by atoms with Gasteiger partial charge in [-0.2, -0.15) is 0 Å². The molecule has 0 fully saturated rings. The predicted molar refractivity (Wildman–Crippen MR) is 90.9 cm³/mol. The summed E-state index contributed by atoms with van der Waals surface area (Å²) < 4.78 is 5.28. The van der Waals surface area contributed by atoms with E-state index in [-0.39, 0.29) is 0 Å². The third-order valence-corrected chi connectivity index (χ3v) is 4.14. The van der Waals surface area contributed by atoms with Crippen molar-refractivity contribution in [3.8, 4) is 0 Å². The Hall–Kier alpha value is -0.900. The summed E-state index contributed by atoms with van der Waals surface area (Å²) in [4.78, 5) is 2.48. The van der Waals surface area contributed by atoms with Crippen molar-refractivity contribution >= 4 is 0 Å². The zero-order valence-electron chi connectivity index (χ0n) is 14.6. The van der Waals surface area contributed by atoms with Gasteiger partial charge in [0.2, 0.25) is 0 Å². The van der Waals surface area contributed by atoms with Crippen LogP contribution in [0.1, 0.15) is 43.0 Å². The molecule has 0 aliphatic heterocycles. The maximum Gasteiger partial charge on any atom is 0.0615 e. The molecule has 0 amide bonds. The standard InChI is InChI=1S/C18H32N2O/c1-7-20(16(4)13-21-6)9-8-18(19-5)17-11-14(2)10-15(3)12-17/h10-12,16,18-19H,7-9,13H2,1-6H3. The third-order valence-electron chi connectivity index (χ3n) is 4.14. The molecule has 1 aromatic carbocycles. The predicted octanol–water partition coefficient (Wildman–Crippen LogP) is 3.31. The molecule has 2 atom stereocenters. The molecule has 2 unspecified atom stereocenters. The number of aryl methyl sites for hydroxylation is 2. The van der Waals surface area contributed by atoms with Gasteiger partial charge in [-0.1, -0.05) is 36.2 Å². The molecule has 0 aliphatic carbocycles.